The lowest BCUT2D eigenvalue weighted by Crippen LogP contribution is -2.27. The molecule has 1 aliphatic carbocycles. The Morgan fingerprint density at radius 1 is 1.29 bits per heavy atom. The molecule has 0 heterocycles. The topological polar surface area (TPSA) is 80.2 Å². The summed E-state index contributed by atoms with van der Waals surface area (Å²) >= 11 is 0. The zero-order chi connectivity index (χ0) is 17.5. The number of carbonyl (C=O) groups excluding carboxylic acids is 2. The molecule has 0 saturated heterocycles. The number of nitrogens with one attached hydrogen (secondary N) is 1. The minimum Gasteiger partial charge on any atom is -0.490 e. The summed E-state index contributed by atoms with van der Waals surface area (Å²) in [6, 6.07) is 5.26. The Morgan fingerprint density at radius 2 is 2.04 bits per heavy atom. The maximum atomic E-state index is 11.6. The highest BCUT2D eigenvalue weighted by atomic mass is 16.5. The second-order valence-electron chi connectivity index (χ2n) is 5.72. The zero-order valence-corrected chi connectivity index (χ0v) is 14.2. The van der Waals surface area contributed by atoms with Crippen molar-refractivity contribution in [3.63, 3.8) is 0 Å². The highest BCUT2D eigenvalue weighted by molar-refractivity contribution is 5.85. The van der Waals surface area contributed by atoms with Crippen LogP contribution in [0.2, 0.25) is 0 Å². The first-order valence-electron chi connectivity index (χ1n) is 7.94. The molecule has 2 rings (SSSR count). The summed E-state index contributed by atoms with van der Waals surface area (Å²) in [5, 5.41) is 3.95. The van der Waals surface area contributed by atoms with E-state index in [-0.39, 0.29) is 24.3 Å². The summed E-state index contributed by atoms with van der Waals surface area (Å²) in [7, 11) is 3.34. The molecule has 1 saturated carbocycles. The lowest BCUT2D eigenvalue weighted by molar-refractivity contribution is -0.130. The second kappa shape index (κ2) is 8.33. The number of hydrazone groups is 1. The van der Waals surface area contributed by atoms with E-state index >= 15 is 0 Å². The molecule has 1 N–H and O–H groups in total. The third kappa shape index (κ3) is 5.26. The molecule has 1 aromatic rings. The van der Waals surface area contributed by atoms with Crippen LogP contribution in [0.5, 0.6) is 11.5 Å². The maximum Gasteiger partial charge on any atom is 0.259 e. The van der Waals surface area contributed by atoms with Crippen LogP contribution in [0.3, 0.4) is 0 Å². The van der Waals surface area contributed by atoms with Crippen LogP contribution in [0.15, 0.2) is 23.3 Å². The predicted molar refractivity (Wildman–Crippen MR) is 90.3 cm³/mol. The Kier molecular flexibility index (Phi) is 6.17. The molecule has 0 bridgehead atoms. The van der Waals surface area contributed by atoms with Crippen LogP contribution in [-0.4, -0.2) is 50.2 Å². The van der Waals surface area contributed by atoms with Crippen molar-refractivity contribution in [3.8, 4) is 11.5 Å². The molecule has 1 aliphatic rings. The van der Waals surface area contributed by atoms with Crippen LogP contribution in [0, 0.1) is 5.92 Å². The van der Waals surface area contributed by atoms with Gasteiger partial charge in [-0.3, -0.25) is 9.59 Å². The summed E-state index contributed by atoms with van der Waals surface area (Å²) < 4.78 is 11.1. The number of ether oxygens (including phenoxy) is 2. The number of carbonyl (C=O) groups is 2. The largest absolute Gasteiger partial charge is 0.490 e. The van der Waals surface area contributed by atoms with E-state index in [1.807, 2.05) is 6.92 Å². The molecule has 1 aromatic carbocycles. The van der Waals surface area contributed by atoms with Gasteiger partial charge in [0.1, 0.15) is 0 Å². The minimum atomic E-state index is -0.133. The molecule has 0 spiro atoms. The SMILES string of the molecule is CCOc1cc(/C=N/NC(=O)C2CC2)ccc1OCC(=O)N(C)C. The van der Waals surface area contributed by atoms with Gasteiger partial charge in [-0.2, -0.15) is 5.10 Å². The van der Waals surface area contributed by atoms with Crippen molar-refractivity contribution in [2.75, 3.05) is 27.3 Å². The second-order valence-corrected chi connectivity index (χ2v) is 5.72. The van der Waals surface area contributed by atoms with E-state index < -0.39 is 0 Å². The number of hydrogen-bond donors (Lipinski definition) is 1. The number of benzene rings is 1. The van der Waals surface area contributed by atoms with Gasteiger partial charge in [-0.05, 0) is 43.5 Å². The summed E-state index contributed by atoms with van der Waals surface area (Å²) in [6.45, 7) is 2.28. The molecular weight excluding hydrogens is 310 g/mol. The quantitative estimate of drug-likeness (QED) is 0.576. The number of amides is 2. The Hall–Kier alpha value is -2.57. The van der Waals surface area contributed by atoms with Crippen LogP contribution in [0.25, 0.3) is 0 Å². The van der Waals surface area contributed by atoms with Crippen molar-refractivity contribution in [2.45, 2.75) is 19.8 Å². The fraction of sp³-hybridized carbons (Fsp3) is 0.471. The van der Waals surface area contributed by atoms with Crippen molar-refractivity contribution in [1.29, 1.82) is 0 Å². The van der Waals surface area contributed by atoms with E-state index in [9.17, 15) is 9.59 Å². The van der Waals surface area contributed by atoms with E-state index in [1.54, 1.807) is 38.5 Å². The van der Waals surface area contributed by atoms with E-state index in [1.165, 1.54) is 4.90 Å². The van der Waals surface area contributed by atoms with E-state index in [2.05, 4.69) is 10.5 Å². The molecule has 0 aromatic heterocycles. The maximum absolute atomic E-state index is 11.6. The van der Waals surface area contributed by atoms with Crippen LogP contribution < -0.4 is 14.9 Å². The average Bonchev–Trinajstić information content (AvgIpc) is 3.38. The first-order valence-corrected chi connectivity index (χ1v) is 7.94. The fourth-order valence-corrected chi connectivity index (χ4v) is 1.87. The Balaban J connectivity index is 2.00. The lowest BCUT2D eigenvalue weighted by atomic mass is 10.2. The lowest BCUT2D eigenvalue weighted by Gasteiger charge is -2.14. The van der Waals surface area contributed by atoms with Gasteiger partial charge in [0.05, 0.1) is 12.8 Å². The summed E-state index contributed by atoms with van der Waals surface area (Å²) in [6.07, 6.45) is 3.43. The molecule has 7 heteroatoms. The molecule has 2 amide bonds. The predicted octanol–water partition coefficient (Wildman–Crippen LogP) is 1.41. The van der Waals surface area contributed by atoms with Crippen LogP contribution in [-0.2, 0) is 9.59 Å². The standard InChI is InChI=1S/C17H23N3O4/c1-4-23-15-9-12(10-18-19-17(22)13-6-7-13)5-8-14(15)24-11-16(21)20(2)3/h5,8-10,13H,4,6-7,11H2,1-3H3,(H,19,22)/b18-10+. The van der Waals surface area contributed by atoms with E-state index in [0.717, 1.165) is 18.4 Å². The van der Waals surface area contributed by atoms with Crippen molar-refractivity contribution in [2.24, 2.45) is 11.0 Å². The van der Waals surface area contributed by atoms with Crippen molar-refractivity contribution in [3.05, 3.63) is 23.8 Å². The molecule has 0 unspecified atom stereocenters. The van der Waals surface area contributed by atoms with Gasteiger partial charge in [0.15, 0.2) is 18.1 Å². The Bertz CT molecular complexity index is 624. The Morgan fingerprint density at radius 3 is 2.67 bits per heavy atom. The van der Waals surface area contributed by atoms with Gasteiger partial charge in [-0.25, -0.2) is 5.43 Å². The van der Waals surface area contributed by atoms with Gasteiger partial charge in [-0.15, -0.1) is 0 Å². The zero-order valence-electron chi connectivity index (χ0n) is 14.2. The molecule has 0 radical (unpaired) electrons. The van der Waals surface area contributed by atoms with Crippen molar-refractivity contribution < 1.29 is 19.1 Å². The van der Waals surface area contributed by atoms with Gasteiger partial charge < -0.3 is 14.4 Å². The third-order valence-electron chi connectivity index (χ3n) is 3.45. The minimum absolute atomic E-state index is 0.0431. The fourth-order valence-electron chi connectivity index (χ4n) is 1.87. The first kappa shape index (κ1) is 17.8. The van der Waals surface area contributed by atoms with Crippen LogP contribution >= 0.6 is 0 Å². The number of hydrogen-bond acceptors (Lipinski definition) is 5. The molecule has 7 nitrogen and oxygen atoms in total. The van der Waals surface area contributed by atoms with Gasteiger partial charge in [0.2, 0.25) is 5.91 Å². The molecular formula is C17H23N3O4. The van der Waals surface area contributed by atoms with Gasteiger partial charge in [-0.1, -0.05) is 0 Å². The van der Waals surface area contributed by atoms with Gasteiger partial charge in [0, 0.05) is 20.0 Å². The van der Waals surface area contributed by atoms with Gasteiger partial charge in [0.25, 0.3) is 5.91 Å². The van der Waals surface area contributed by atoms with Gasteiger partial charge >= 0.3 is 0 Å². The van der Waals surface area contributed by atoms with Crippen molar-refractivity contribution in [1.82, 2.24) is 10.3 Å². The summed E-state index contributed by atoms with van der Waals surface area (Å²) in [5.74, 6) is 0.961. The number of nitrogens with zero attached hydrogens (tertiary/aromatic N) is 2. The molecule has 0 aliphatic heterocycles. The molecule has 1 fully saturated rings. The number of rotatable bonds is 8. The van der Waals surface area contributed by atoms with E-state index in [0.29, 0.717) is 18.1 Å². The van der Waals surface area contributed by atoms with Crippen molar-refractivity contribution >= 4 is 18.0 Å². The third-order valence-corrected chi connectivity index (χ3v) is 3.45. The smallest absolute Gasteiger partial charge is 0.259 e. The van der Waals surface area contributed by atoms with Crippen LogP contribution in [0.4, 0.5) is 0 Å². The highest BCUT2D eigenvalue weighted by Crippen LogP contribution is 2.29. The number of likely N-dealkylation sites (N-methyl/N-ethyl adjacent to an activating group) is 1. The van der Waals surface area contributed by atoms with E-state index in [4.69, 9.17) is 9.47 Å². The molecule has 130 valence electrons. The highest BCUT2D eigenvalue weighted by Gasteiger charge is 2.29. The normalized spacial score (nSPS) is 13.6. The first-order chi connectivity index (χ1) is 11.5. The van der Waals surface area contributed by atoms with Crippen LogP contribution in [0.1, 0.15) is 25.3 Å². The molecule has 0 atom stereocenters. The monoisotopic (exact) mass is 333 g/mol. The summed E-state index contributed by atoms with van der Waals surface area (Å²) in [4.78, 5) is 24.6. The summed E-state index contributed by atoms with van der Waals surface area (Å²) in [5.41, 5.74) is 3.28. The Labute approximate surface area is 141 Å². The average molecular weight is 333 g/mol. The molecule has 24 heavy (non-hydrogen) atoms.